The van der Waals surface area contributed by atoms with Crippen molar-refractivity contribution in [2.24, 2.45) is 0 Å². The minimum absolute atomic E-state index is 0.161. The second-order valence-electron chi connectivity index (χ2n) is 3.49. The lowest BCUT2D eigenvalue weighted by Gasteiger charge is -2.12. The molecular formula is C11H15ClFNO. The van der Waals surface area contributed by atoms with Gasteiger partial charge >= 0.3 is 0 Å². The minimum atomic E-state index is -0.384. The molecular weight excluding hydrogens is 217 g/mol. The number of hydrogen-bond acceptors (Lipinski definition) is 2. The van der Waals surface area contributed by atoms with Crippen molar-refractivity contribution < 1.29 is 9.13 Å². The monoisotopic (exact) mass is 231 g/mol. The van der Waals surface area contributed by atoms with Gasteiger partial charge in [0.2, 0.25) is 0 Å². The summed E-state index contributed by atoms with van der Waals surface area (Å²) in [5.41, 5.74) is 0.962. The average Bonchev–Trinajstić information content (AvgIpc) is 2.20. The van der Waals surface area contributed by atoms with Crippen molar-refractivity contribution in [3.8, 4) is 0 Å². The highest BCUT2D eigenvalue weighted by atomic mass is 35.5. The Morgan fingerprint density at radius 3 is 2.87 bits per heavy atom. The SMILES string of the molecule is COC[C@H](C)NCc1ccc(F)c(Cl)c1. The molecule has 1 atom stereocenters. The van der Waals surface area contributed by atoms with Crippen LogP contribution in [0.1, 0.15) is 12.5 Å². The van der Waals surface area contributed by atoms with Crippen LogP contribution < -0.4 is 5.32 Å². The quantitative estimate of drug-likeness (QED) is 0.841. The van der Waals surface area contributed by atoms with Gasteiger partial charge in [-0.3, -0.25) is 0 Å². The van der Waals surface area contributed by atoms with Gasteiger partial charge in [-0.05, 0) is 24.6 Å². The number of halogens is 2. The number of rotatable bonds is 5. The Balaban J connectivity index is 2.47. The van der Waals surface area contributed by atoms with E-state index in [0.717, 1.165) is 5.56 Å². The molecule has 1 aromatic carbocycles. The predicted octanol–water partition coefficient (Wildman–Crippen LogP) is 2.60. The largest absolute Gasteiger partial charge is 0.383 e. The van der Waals surface area contributed by atoms with Crippen LogP contribution in [-0.4, -0.2) is 19.8 Å². The Morgan fingerprint density at radius 2 is 2.27 bits per heavy atom. The highest BCUT2D eigenvalue weighted by molar-refractivity contribution is 6.30. The van der Waals surface area contributed by atoms with Crippen LogP contribution in [0.5, 0.6) is 0 Å². The molecule has 0 heterocycles. The van der Waals surface area contributed by atoms with E-state index in [1.54, 1.807) is 19.2 Å². The maximum Gasteiger partial charge on any atom is 0.141 e. The minimum Gasteiger partial charge on any atom is -0.383 e. The fourth-order valence-corrected chi connectivity index (χ4v) is 1.45. The Kier molecular flexibility index (Phi) is 5.02. The van der Waals surface area contributed by atoms with E-state index in [0.29, 0.717) is 13.2 Å². The van der Waals surface area contributed by atoms with Crippen molar-refractivity contribution in [3.05, 3.63) is 34.6 Å². The fourth-order valence-electron chi connectivity index (χ4n) is 1.25. The molecule has 0 aliphatic heterocycles. The molecule has 0 aliphatic carbocycles. The highest BCUT2D eigenvalue weighted by Crippen LogP contribution is 2.15. The molecule has 84 valence electrons. The summed E-state index contributed by atoms with van der Waals surface area (Å²) in [5, 5.41) is 3.40. The maximum atomic E-state index is 12.8. The average molecular weight is 232 g/mol. The van der Waals surface area contributed by atoms with Gasteiger partial charge in [0.05, 0.1) is 11.6 Å². The van der Waals surface area contributed by atoms with Crippen LogP contribution in [0.4, 0.5) is 4.39 Å². The molecule has 1 aromatic rings. The topological polar surface area (TPSA) is 21.3 Å². The first-order valence-corrected chi connectivity index (χ1v) is 5.17. The van der Waals surface area contributed by atoms with Gasteiger partial charge in [-0.25, -0.2) is 4.39 Å². The van der Waals surface area contributed by atoms with Crippen molar-refractivity contribution in [1.82, 2.24) is 5.32 Å². The van der Waals surface area contributed by atoms with Gasteiger partial charge in [0, 0.05) is 19.7 Å². The van der Waals surface area contributed by atoms with E-state index in [1.165, 1.54) is 6.07 Å². The maximum absolute atomic E-state index is 12.8. The summed E-state index contributed by atoms with van der Waals surface area (Å²) in [6.45, 7) is 3.33. The third-order valence-electron chi connectivity index (χ3n) is 2.06. The van der Waals surface area contributed by atoms with E-state index in [1.807, 2.05) is 6.92 Å². The van der Waals surface area contributed by atoms with Gasteiger partial charge in [-0.15, -0.1) is 0 Å². The van der Waals surface area contributed by atoms with Crippen LogP contribution >= 0.6 is 11.6 Å². The molecule has 0 radical (unpaired) electrons. The Labute approximate surface area is 94.4 Å². The van der Waals surface area contributed by atoms with Crippen LogP contribution in [0.25, 0.3) is 0 Å². The molecule has 0 amide bonds. The van der Waals surface area contributed by atoms with Gasteiger partial charge in [-0.2, -0.15) is 0 Å². The van der Waals surface area contributed by atoms with Gasteiger partial charge in [0.1, 0.15) is 5.82 Å². The van der Waals surface area contributed by atoms with Gasteiger partial charge < -0.3 is 10.1 Å². The second kappa shape index (κ2) is 6.05. The van der Waals surface area contributed by atoms with E-state index < -0.39 is 0 Å². The van der Waals surface area contributed by atoms with Crippen molar-refractivity contribution in [1.29, 1.82) is 0 Å². The fraction of sp³-hybridized carbons (Fsp3) is 0.455. The number of nitrogens with one attached hydrogen (secondary N) is 1. The van der Waals surface area contributed by atoms with E-state index in [9.17, 15) is 4.39 Å². The second-order valence-corrected chi connectivity index (χ2v) is 3.89. The molecule has 0 unspecified atom stereocenters. The first-order valence-electron chi connectivity index (χ1n) is 4.79. The summed E-state index contributed by atoms with van der Waals surface area (Å²) < 4.78 is 17.8. The van der Waals surface area contributed by atoms with Crippen molar-refractivity contribution in [2.75, 3.05) is 13.7 Å². The normalized spacial score (nSPS) is 12.8. The predicted molar refractivity (Wildman–Crippen MR) is 59.6 cm³/mol. The smallest absolute Gasteiger partial charge is 0.141 e. The third-order valence-corrected chi connectivity index (χ3v) is 2.34. The molecule has 1 N–H and O–H groups in total. The van der Waals surface area contributed by atoms with Crippen molar-refractivity contribution in [3.63, 3.8) is 0 Å². The van der Waals surface area contributed by atoms with Gasteiger partial charge in [0.15, 0.2) is 0 Å². The van der Waals surface area contributed by atoms with Crippen molar-refractivity contribution in [2.45, 2.75) is 19.5 Å². The molecule has 0 saturated carbocycles. The van der Waals surface area contributed by atoms with Gasteiger partial charge in [-0.1, -0.05) is 17.7 Å². The van der Waals surface area contributed by atoms with Crippen LogP contribution in [0.15, 0.2) is 18.2 Å². The standard InChI is InChI=1S/C11H15ClFNO/c1-8(7-15-2)14-6-9-3-4-11(13)10(12)5-9/h3-5,8,14H,6-7H2,1-2H3/t8-/m0/s1. The first kappa shape index (κ1) is 12.4. The summed E-state index contributed by atoms with van der Waals surface area (Å²) in [4.78, 5) is 0. The zero-order valence-electron chi connectivity index (χ0n) is 8.89. The molecule has 0 spiro atoms. The summed E-state index contributed by atoms with van der Waals surface area (Å²) in [6.07, 6.45) is 0. The first-order chi connectivity index (χ1) is 7.13. The van der Waals surface area contributed by atoms with Crippen molar-refractivity contribution >= 4 is 11.6 Å². The van der Waals surface area contributed by atoms with Crippen LogP contribution in [0.2, 0.25) is 5.02 Å². The molecule has 0 bridgehead atoms. The molecule has 2 nitrogen and oxygen atoms in total. The third kappa shape index (κ3) is 4.16. The zero-order valence-corrected chi connectivity index (χ0v) is 9.64. The molecule has 0 fully saturated rings. The Hall–Kier alpha value is -0.640. The summed E-state index contributed by atoms with van der Waals surface area (Å²) >= 11 is 5.66. The number of ether oxygens (including phenoxy) is 1. The zero-order chi connectivity index (χ0) is 11.3. The van der Waals surface area contributed by atoms with E-state index >= 15 is 0 Å². The summed E-state index contributed by atoms with van der Waals surface area (Å²) in [5.74, 6) is -0.384. The lowest BCUT2D eigenvalue weighted by Crippen LogP contribution is -2.29. The molecule has 4 heteroatoms. The Bertz CT molecular complexity index is 319. The number of benzene rings is 1. The summed E-state index contributed by atoms with van der Waals surface area (Å²) in [6, 6.07) is 4.98. The van der Waals surface area contributed by atoms with Crippen LogP contribution in [0, 0.1) is 5.82 Å². The van der Waals surface area contributed by atoms with E-state index in [4.69, 9.17) is 16.3 Å². The lowest BCUT2D eigenvalue weighted by atomic mass is 10.2. The molecule has 15 heavy (non-hydrogen) atoms. The number of hydrogen-bond donors (Lipinski definition) is 1. The lowest BCUT2D eigenvalue weighted by molar-refractivity contribution is 0.171. The highest BCUT2D eigenvalue weighted by Gasteiger charge is 2.03. The molecule has 0 aliphatic rings. The summed E-state index contributed by atoms with van der Waals surface area (Å²) in [7, 11) is 1.66. The Morgan fingerprint density at radius 1 is 1.53 bits per heavy atom. The molecule has 0 aromatic heterocycles. The van der Waals surface area contributed by atoms with Crippen LogP contribution in [0.3, 0.4) is 0 Å². The van der Waals surface area contributed by atoms with Crippen LogP contribution in [-0.2, 0) is 11.3 Å². The number of methoxy groups -OCH3 is 1. The molecule has 0 saturated heterocycles. The van der Waals surface area contributed by atoms with Gasteiger partial charge in [0.25, 0.3) is 0 Å². The van der Waals surface area contributed by atoms with E-state index in [-0.39, 0.29) is 16.9 Å². The molecule has 1 rings (SSSR count). The van der Waals surface area contributed by atoms with E-state index in [2.05, 4.69) is 5.32 Å².